The number of guanidine groups is 1. The Morgan fingerprint density at radius 3 is 2.91 bits per heavy atom. The molecule has 0 spiro atoms. The minimum Gasteiger partial charge on any atom is -0.469 e. The molecule has 2 N–H and O–H groups in total. The van der Waals surface area contributed by atoms with Gasteiger partial charge >= 0.3 is 0 Å². The van der Waals surface area contributed by atoms with E-state index in [0.29, 0.717) is 6.04 Å². The summed E-state index contributed by atoms with van der Waals surface area (Å²) in [4.78, 5) is 4.64. The van der Waals surface area contributed by atoms with Crippen LogP contribution in [0.2, 0.25) is 0 Å². The summed E-state index contributed by atoms with van der Waals surface area (Å²) in [5, 5.41) is 6.80. The van der Waals surface area contributed by atoms with Crippen molar-refractivity contribution < 1.29 is 9.15 Å². The van der Waals surface area contributed by atoms with E-state index in [1.165, 1.54) is 0 Å². The lowest BCUT2D eigenvalue weighted by atomic mass is 10.3. The van der Waals surface area contributed by atoms with Crippen molar-refractivity contribution in [2.45, 2.75) is 52.5 Å². The Balaban J connectivity index is 2.30. The largest absolute Gasteiger partial charge is 0.469 e. The Bertz CT molecular complexity index is 391. The fraction of sp³-hybridized carbons (Fsp3) is 0.706. The van der Waals surface area contributed by atoms with Crippen LogP contribution >= 0.6 is 0 Å². The Kier molecular flexibility index (Phi) is 10.2. The van der Waals surface area contributed by atoms with Gasteiger partial charge in [0, 0.05) is 38.8 Å². The van der Waals surface area contributed by atoms with Gasteiger partial charge in [0.25, 0.3) is 0 Å². The van der Waals surface area contributed by atoms with Crippen LogP contribution in [0.1, 0.15) is 45.8 Å². The van der Waals surface area contributed by atoms with Crippen LogP contribution in [-0.4, -0.2) is 38.3 Å². The zero-order chi connectivity index (χ0) is 16.0. The number of nitrogens with zero attached hydrogens (tertiary/aromatic N) is 1. The second-order valence-electron chi connectivity index (χ2n) is 5.34. The molecule has 126 valence electrons. The van der Waals surface area contributed by atoms with E-state index >= 15 is 0 Å². The molecule has 0 aliphatic rings. The number of ether oxygens (including phenoxy) is 1. The molecule has 1 rings (SSSR count). The van der Waals surface area contributed by atoms with Crippen LogP contribution in [0.3, 0.4) is 0 Å². The van der Waals surface area contributed by atoms with Gasteiger partial charge in [-0.25, -0.2) is 0 Å². The standard InChI is InChI=1S/C17H31N3O2/c1-4-15(3)20-17(18-11-6-7-13-21-5-2)19-12-10-16-9-8-14-22-16/h8-9,14-15H,4-7,10-13H2,1-3H3,(H2,18,19,20). The summed E-state index contributed by atoms with van der Waals surface area (Å²) in [6, 6.07) is 4.33. The highest BCUT2D eigenvalue weighted by Gasteiger charge is 2.04. The maximum absolute atomic E-state index is 5.34. The molecule has 1 unspecified atom stereocenters. The molecule has 0 aromatic carbocycles. The molecule has 0 aliphatic carbocycles. The van der Waals surface area contributed by atoms with E-state index in [1.807, 2.05) is 19.1 Å². The van der Waals surface area contributed by atoms with Crippen LogP contribution in [-0.2, 0) is 11.2 Å². The first kappa shape index (κ1) is 18.6. The highest BCUT2D eigenvalue weighted by atomic mass is 16.5. The Labute approximate surface area is 134 Å². The van der Waals surface area contributed by atoms with E-state index in [9.17, 15) is 0 Å². The molecule has 22 heavy (non-hydrogen) atoms. The quantitative estimate of drug-likeness (QED) is 0.375. The molecule has 0 saturated heterocycles. The molecule has 0 fully saturated rings. The summed E-state index contributed by atoms with van der Waals surface area (Å²) < 4.78 is 10.7. The first-order valence-corrected chi connectivity index (χ1v) is 8.41. The molecular formula is C17H31N3O2. The topological polar surface area (TPSA) is 58.8 Å². The minimum absolute atomic E-state index is 0.415. The van der Waals surface area contributed by atoms with Crippen molar-refractivity contribution in [1.29, 1.82) is 0 Å². The number of unbranched alkanes of at least 4 members (excludes halogenated alkanes) is 1. The van der Waals surface area contributed by atoms with Crippen molar-refractivity contribution in [3.8, 4) is 0 Å². The molecule has 1 aromatic rings. The summed E-state index contributed by atoms with van der Waals surface area (Å²) >= 11 is 0. The van der Waals surface area contributed by atoms with Gasteiger partial charge in [0.2, 0.25) is 0 Å². The monoisotopic (exact) mass is 309 g/mol. The highest BCUT2D eigenvalue weighted by Crippen LogP contribution is 1.99. The third kappa shape index (κ3) is 8.72. The van der Waals surface area contributed by atoms with Gasteiger partial charge in [0.15, 0.2) is 5.96 Å². The number of aliphatic imine (C=N–C) groups is 1. The molecule has 1 aromatic heterocycles. The van der Waals surface area contributed by atoms with Crippen molar-refractivity contribution in [3.63, 3.8) is 0 Å². The molecule has 1 atom stereocenters. The van der Waals surface area contributed by atoms with Gasteiger partial charge < -0.3 is 19.8 Å². The maximum atomic E-state index is 5.34. The van der Waals surface area contributed by atoms with E-state index in [2.05, 4.69) is 29.5 Å². The number of furan rings is 1. The van der Waals surface area contributed by atoms with Crippen molar-refractivity contribution in [2.75, 3.05) is 26.3 Å². The summed E-state index contributed by atoms with van der Waals surface area (Å²) in [5.74, 6) is 1.88. The van der Waals surface area contributed by atoms with Crippen LogP contribution in [0.5, 0.6) is 0 Å². The predicted octanol–water partition coefficient (Wildman–Crippen LogP) is 2.97. The molecule has 0 radical (unpaired) electrons. The van der Waals surface area contributed by atoms with E-state index in [-0.39, 0.29) is 0 Å². The van der Waals surface area contributed by atoms with Gasteiger partial charge in [0.1, 0.15) is 5.76 Å². The lowest BCUT2D eigenvalue weighted by Crippen LogP contribution is -2.42. The van der Waals surface area contributed by atoms with E-state index < -0.39 is 0 Å². The maximum Gasteiger partial charge on any atom is 0.191 e. The van der Waals surface area contributed by atoms with E-state index in [0.717, 1.165) is 63.7 Å². The normalized spacial score (nSPS) is 13.1. The molecule has 0 aliphatic heterocycles. The number of rotatable bonds is 11. The first-order chi connectivity index (χ1) is 10.8. The van der Waals surface area contributed by atoms with Crippen LogP contribution in [0.4, 0.5) is 0 Å². The SMILES string of the molecule is CCOCCCCN=C(NCCc1ccco1)NC(C)CC. The van der Waals surface area contributed by atoms with E-state index in [4.69, 9.17) is 9.15 Å². The zero-order valence-corrected chi connectivity index (χ0v) is 14.2. The van der Waals surface area contributed by atoms with Gasteiger partial charge in [-0.1, -0.05) is 6.92 Å². The Hall–Kier alpha value is -1.49. The fourth-order valence-electron chi connectivity index (χ4n) is 1.90. The summed E-state index contributed by atoms with van der Waals surface area (Å²) in [6.07, 6.45) is 5.74. The third-order valence-electron chi connectivity index (χ3n) is 3.41. The third-order valence-corrected chi connectivity index (χ3v) is 3.41. The lowest BCUT2D eigenvalue weighted by molar-refractivity contribution is 0.144. The highest BCUT2D eigenvalue weighted by molar-refractivity contribution is 5.80. The average molecular weight is 309 g/mol. The van der Waals surface area contributed by atoms with Gasteiger partial charge in [-0.15, -0.1) is 0 Å². The van der Waals surface area contributed by atoms with Gasteiger partial charge in [-0.3, -0.25) is 4.99 Å². The number of hydrogen-bond donors (Lipinski definition) is 2. The van der Waals surface area contributed by atoms with Crippen LogP contribution in [0.25, 0.3) is 0 Å². The fourth-order valence-corrected chi connectivity index (χ4v) is 1.90. The van der Waals surface area contributed by atoms with Crippen LogP contribution < -0.4 is 10.6 Å². The molecular weight excluding hydrogens is 278 g/mol. The molecule has 0 saturated carbocycles. The second-order valence-corrected chi connectivity index (χ2v) is 5.34. The van der Waals surface area contributed by atoms with Crippen molar-refractivity contribution >= 4 is 5.96 Å². The molecule has 5 heteroatoms. The van der Waals surface area contributed by atoms with Gasteiger partial charge in [-0.2, -0.15) is 0 Å². The lowest BCUT2D eigenvalue weighted by Gasteiger charge is -2.16. The van der Waals surface area contributed by atoms with Crippen LogP contribution in [0.15, 0.2) is 27.8 Å². The smallest absolute Gasteiger partial charge is 0.191 e. The average Bonchev–Trinajstić information content (AvgIpc) is 3.03. The molecule has 0 bridgehead atoms. The van der Waals surface area contributed by atoms with Crippen molar-refractivity contribution in [1.82, 2.24) is 10.6 Å². The van der Waals surface area contributed by atoms with Gasteiger partial charge in [-0.05, 0) is 45.2 Å². The summed E-state index contributed by atoms with van der Waals surface area (Å²) in [5.41, 5.74) is 0. The van der Waals surface area contributed by atoms with Crippen molar-refractivity contribution in [2.24, 2.45) is 4.99 Å². The van der Waals surface area contributed by atoms with Crippen molar-refractivity contribution in [3.05, 3.63) is 24.2 Å². The second kappa shape index (κ2) is 12.1. The predicted molar refractivity (Wildman–Crippen MR) is 91.3 cm³/mol. The van der Waals surface area contributed by atoms with E-state index in [1.54, 1.807) is 6.26 Å². The summed E-state index contributed by atoms with van der Waals surface area (Å²) in [6.45, 7) is 9.60. The number of hydrogen-bond acceptors (Lipinski definition) is 3. The molecule has 5 nitrogen and oxygen atoms in total. The first-order valence-electron chi connectivity index (χ1n) is 8.41. The van der Waals surface area contributed by atoms with Crippen LogP contribution in [0, 0.1) is 0 Å². The molecule has 1 heterocycles. The minimum atomic E-state index is 0.415. The molecule has 0 amide bonds. The Morgan fingerprint density at radius 1 is 1.36 bits per heavy atom. The number of nitrogens with one attached hydrogen (secondary N) is 2. The summed E-state index contributed by atoms with van der Waals surface area (Å²) in [7, 11) is 0. The van der Waals surface area contributed by atoms with Gasteiger partial charge in [0.05, 0.1) is 6.26 Å². The zero-order valence-electron chi connectivity index (χ0n) is 14.2. The Morgan fingerprint density at radius 2 is 2.23 bits per heavy atom.